The third-order valence-electron chi connectivity index (χ3n) is 8.01. The van der Waals surface area contributed by atoms with Crippen molar-refractivity contribution in [3.05, 3.63) is 71.7 Å². The van der Waals surface area contributed by atoms with Crippen LogP contribution >= 0.6 is 0 Å². The Morgan fingerprint density at radius 3 is 2.71 bits per heavy atom. The lowest BCUT2D eigenvalue weighted by molar-refractivity contribution is 0.175. The first-order valence-corrected chi connectivity index (χ1v) is 13.6. The van der Waals surface area contributed by atoms with E-state index in [1.807, 2.05) is 36.4 Å². The summed E-state index contributed by atoms with van der Waals surface area (Å²) in [5, 5.41) is 2.83. The number of hydrogen-bond acceptors (Lipinski definition) is 3. The number of anilines is 1. The lowest BCUT2D eigenvalue weighted by atomic mass is 9.96. The summed E-state index contributed by atoms with van der Waals surface area (Å²) >= 11 is 0. The van der Waals surface area contributed by atoms with Gasteiger partial charge >= 0.3 is 0 Å². The third-order valence-corrected chi connectivity index (χ3v) is 9.86. The summed E-state index contributed by atoms with van der Waals surface area (Å²) in [5.41, 5.74) is 4.36. The molecule has 4 aromatic rings. The van der Waals surface area contributed by atoms with E-state index in [1.54, 1.807) is 16.4 Å². The highest BCUT2D eigenvalue weighted by Crippen LogP contribution is 2.47. The largest absolute Gasteiger partial charge is 0.358 e. The summed E-state index contributed by atoms with van der Waals surface area (Å²) < 4.78 is 42.0. The molecule has 4 heterocycles. The van der Waals surface area contributed by atoms with Crippen LogP contribution in [-0.2, 0) is 16.4 Å². The van der Waals surface area contributed by atoms with E-state index in [4.69, 9.17) is 0 Å². The highest BCUT2D eigenvalue weighted by molar-refractivity contribution is 7.93. The molecule has 7 heteroatoms. The molecule has 0 radical (unpaired) electrons. The molecule has 0 amide bonds. The maximum Gasteiger partial charge on any atom is 0.265 e. The van der Waals surface area contributed by atoms with Gasteiger partial charge in [-0.15, -0.1) is 0 Å². The van der Waals surface area contributed by atoms with Gasteiger partial charge in [0.1, 0.15) is 5.82 Å². The fourth-order valence-corrected chi connectivity index (χ4v) is 8.32. The zero-order valence-corrected chi connectivity index (χ0v) is 19.6. The molecule has 2 unspecified atom stereocenters. The van der Waals surface area contributed by atoms with Crippen molar-refractivity contribution in [2.75, 3.05) is 17.4 Å². The number of nitrogens with zero attached hydrogens (tertiary/aromatic N) is 2. The maximum atomic E-state index is 14.0. The Morgan fingerprint density at radius 2 is 1.82 bits per heavy atom. The van der Waals surface area contributed by atoms with Crippen LogP contribution in [0.25, 0.3) is 21.7 Å². The van der Waals surface area contributed by atoms with Crippen molar-refractivity contribution < 1.29 is 12.8 Å². The molecule has 3 aliphatic rings. The van der Waals surface area contributed by atoms with Gasteiger partial charge in [0.2, 0.25) is 0 Å². The third kappa shape index (κ3) is 2.83. The number of hydrogen-bond donors (Lipinski definition) is 1. The standard InChI is InChI=1S/C27H26FN3O2S/c28-18-9-11-21-20(15-18)27-22(29-21)16-19-10-12-23(27)30(19)13-1-2-14-31-24-7-3-5-17-6-4-8-25(26(17)24)34(31,32)33/h3-9,11,15,19,23,29H,1-2,10,12-14,16H2. The van der Waals surface area contributed by atoms with Crippen molar-refractivity contribution in [2.45, 2.75) is 49.1 Å². The van der Waals surface area contributed by atoms with Gasteiger partial charge in [0, 0.05) is 47.0 Å². The minimum atomic E-state index is -3.49. The van der Waals surface area contributed by atoms with Gasteiger partial charge in [-0.2, -0.15) is 0 Å². The Morgan fingerprint density at radius 1 is 1.00 bits per heavy atom. The summed E-state index contributed by atoms with van der Waals surface area (Å²) in [5.74, 6) is -0.191. The quantitative estimate of drug-likeness (QED) is 0.387. The van der Waals surface area contributed by atoms with E-state index >= 15 is 0 Å². The van der Waals surface area contributed by atoms with Crippen LogP contribution in [0.15, 0.2) is 59.5 Å². The van der Waals surface area contributed by atoms with Crippen molar-refractivity contribution >= 4 is 37.4 Å². The second-order valence-electron chi connectivity index (χ2n) is 9.81. The molecule has 7 rings (SSSR count). The number of aromatic nitrogens is 1. The molecule has 0 saturated carbocycles. The molecular weight excluding hydrogens is 449 g/mol. The van der Waals surface area contributed by atoms with Gasteiger partial charge in [0.25, 0.3) is 10.0 Å². The SMILES string of the molecule is O=S1(=O)c2cccc3cccc(c23)N1CCCCN1C2CCC1c1c([nH]c3ccc(F)cc13)C2. The number of H-pyrrole nitrogens is 1. The summed E-state index contributed by atoms with van der Waals surface area (Å²) in [6, 6.07) is 17.2. The Kier molecular flexibility index (Phi) is 4.39. The number of sulfonamides is 1. The molecule has 3 aromatic carbocycles. The van der Waals surface area contributed by atoms with Crippen molar-refractivity contribution in [2.24, 2.45) is 0 Å². The molecule has 0 aliphatic carbocycles. The molecule has 2 atom stereocenters. The highest BCUT2D eigenvalue weighted by Gasteiger charge is 2.41. The molecule has 1 aromatic heterocycles. The lowest BCUT2D eigenvalue weighted by Gasteiger charge is -2.35. The van der Waals surface area contributed by atoms with E-state index in [1.165, 1.54) is 17.3 Å². The average molecular weight is 476 g/mol. The fourth-order valence-electron chi connectivity index (χ4n) is 6.57. The van der Waals surface area contributed by atoms with Crippen molar-refractivity contribution in [3.63, 3.8) is 0 Å². The summed E-state index contributed by atoms with van der Waals surface area (Å²) in [7, 11) is -3.49. The minimum Gasteiger partial charge on any atom is -0.358 e. The van der Waals surface area contributed by atoms with Crippen LogP contribution in [-0.4, -0.2) is 37.4 Å². The summed E-state index contributed by atoms with van der Waals surface area (Å²) in [4.78, 5) is 6.53. The average Bonchev–Trinajstić information content (AvgIpc) is 3.40. The number of nitrogens with one attached hydrogen (secondary N) is 1. The monoisotopic (exact) mass is 475 g/mol. The van der Waals surface area contributed by atoms with Crippen LogP contribution in [0, 0.1) is 5.82 Å². The minimum absolute atomic E-state index is 0.191. The summed E-state index contributed by atoms with van der Waals surface area (Å²) in [6.07, 6.45) is 4.95. The number of halogens is 1. The van der Waals surface area contributed by atoms with E-state index in [-0.39, 0.29) is 5.82 Å². The fraction of sp³-hybridized carbons (Fsp3) is 0.333. The van der Waals surface area contributed by atoms with Gasteiger partial charge in [-0.25, -0.2) is 12.8 Å². The van der Waals surface area contributed by atoms with E-state index in [0.29, 0.717) is 23.5 Å². The van der Waals surface area contributed by atoms with E-state index < -0.39 is 10.0 Å². The van der Waals surface area contributed by atoms with Gasteiger partial charge in [0.05, 0.1) is 10.6 Å². The normalized spacial score (nSPS) is 22.7. The number of aromatic amines is 1. The molecule has 174 valence electrons. The van der Waals surface area contributed by atoms with Crippen LogP contribution < -0.4 is 4.31 Å². The van der Waals surface area contributed by atoms with Gasteiger partial charge in [0.15, 0.2) is 0 Å². The second kappa shape index (κ2) is 7.30. The zero-order chi connectivity index (χ0) is 23.0. The molecule has 0 spiro atoms. The smallest absolute Gasteiger partial charge is 0.265 e. The van der Waals surface area contributed by atoms with Crippen LogP contribution in [0.5, 0.6) is 0 Å². The predicted molar refractivity (Wildman–Crippen MR) is 132 cm³/mol. The Balaban J connectivity index is 1.09. The van der Waals surface area contributed by atoms with Crippen LogP contribution in [0.2, 0.25) is 0 Å². The van der Waals surface area contributed by atoms with Gasteiger partial charge in [-0.05, 0) is 73.5 Å². The van der Waals surface area contributed by atoms with Crippen LogP contribution in [0.3, 0.4) is 0 Å². The number of fused-ring (bicyclic) bond motifs is 6. The van der Waals surface area contributed by atoms with Crippen LogP contribution in [0.4, 0.5) is 10.1 Å². The van der Waals surface area contributed by atoms with E-state index in [0.717, 1.165) is 66.0 Å². The topological polar surface area (TPSA) is 56.4 Å². The molecule has 1 fully saturated rings. The van der Waals surface area contributed by atoms with Crippen molar-refractivity contribution in [3.8, 4) is 0 Å². The zero-order valence-electron chi connectivity index (χ0n) is 18.8. The molecule has 5 nitrogen and oxygen atoms in total. The van der Waals surface area contributed by atoms with Crippen molar-refractivity contribution in [1.82, 2.24) is 9.88 Å². The number of rotatable bonds is 5. The first-order chi connectivity index (χ1) is 16.5. The van der Waals surface area contributed by atoms with Gasteiger partial charge in [-0.1, -0.05) is 24.3 Å². The molecule has 34 heavy (non-hydrogen) atoms. The van der Waals surface area contributed by atoms with Gasteiger partial charge in [-0.3, -0.25) is 9.21 Å². The molecule has 2 bridgehead atoms. The Hall–Kier alpha value is -2.90. The predicted octanol–water partition coefficient (Wildman–Crippen LogP) is 5.51. The molecule has 3 aliphatic heterocycles. The van der Waals surface area contributed by atoms with Gasteiger partial charge < -0.3 is 4.98 Å². The second-order valence-corrected chi connectivity index (χ2v) is 11.6. The van der Waals surface area contributed by atoms with E-state index in [2.05, 4.69) is 9.88 Å². The summed E-state index contributed by atoms with van der Waals surface area (Å²) in [6.45, 7) is 1.42. The van der Waals surface area contributed by atoms with Crippen molar-refractivity contribution in [1.29, 1.82) is 0 Å². The van der Waals surface area contributed by atoms with E-state index in [9.17, 15) is 12.8 Å². The molecule has 1 saturated heterocycles. The Bertz CT molecular complexity index is 1560. The highest BCUT2D eigenvalue weighted by atomic mass is 32.2. The lowest BCUT2D eigenvalue weighted by Crippen LogP contribution is -2.38. The first-order valence-electron chi connectivity index (χ1n) is 12.1. The molecule has 1 N–H and O–H groups in total. The number of benzene rings is 3. The number of unbranched alkanes of at least 4 members (excludes halogenated alkanes) is 1. The maximum absolute atomic E-state index is 14.0. The Labute approximate surface area is 198 Å². The molecular formula is C27H26FN3O2S. The van der Waals surface area contributed by atoms with Crippen LogP contribution in [0.1, 0.15) is 43.0 Å². The first kappa shape index (κ1) is 20.5.